The molecule has 1 fully saturated rings. The Morgan fingerprint density at radius 1 is 1.24 bits per heavy atom. The van der Waals surface area contributed by atoms with E-state index in [1.165, 1.54) is 16.8 Å². The van der Waals surface area contributed by atoms with Crippen molar-refractivity contribution in [1.29, 1.82) is 0 Å². The Morgan fingerprint density at radius 3 is 2.48 bits per heavy atom. The average molecular weight is 290 g/mol. The minimum Gasteiger partial charge on any atom is -0.372 e. The predicted octanol–water partition coefficient (Wildman–Crippen LogP) is 3.35. The van der Waals surface area contributed by atoms with Crippen molar-refractivity contribution in [2.75, 3.05) is 24.5 Å². The highest BCUT2D eigenvalue weighted by atomic mass is 16.5. The molecule has 0 bridgehead atoms. The minimum absolute atomic E-state index is 0.306. The monoisotopic (exact) mass is 290 g/mol. The van der Waals surface area contributed by atoms with Crippen molar-refractivity contribution in [3.8, 4) is 0 Å². The SMILES string of the molecule is Cc1cc(CNCC(C)C)ccc1N1CC(C)OC(C)C1. The summed E-state index contributed by atoms with van der Waals surface area (Å²) in [6, 6.07) is 6.83. The number of rotatable bonds is 5. The maximum atomic E-state index is 5.83. The number of morpholine rings is 1. The molecule has 1 heterocycles. The van der Waals surface area contributed by atoms with Gasteiger partial charge in [0.15, 0.2) is 0 Å². The lowest BCUT2D eigenvalue weighted by atomic mass is 10.1. The molecule has 1 aliphatic rings. The van der Waals surface area contributed by atoms with Crippen LogP contribution in [0.5, 0.6) is 0 Å². The summed E-state index contributed by atoms with van der Waals surface area (Å²) in [7, 11) is 0. The standard InChI is InChI=1S/C18H30N2O/c1-13(2)9-19-10-17-6-7-18(14(3)8-17)20-11-15(4)21-16(5)12-20/h6-8,13,15-16,19H,9-12H2,1-5H3. The Hall–Kier alpha value is -1.06. The zero-order valence-electron chi connectivity index (χ0n) is 14.1. The summed E-state index contributed by atoms with van der Waals surface area (Å²) in [5, 5.41) is 3.51. The first-order chi connectivity index (χ1) is 9.95. The van der Waals surface area contributed by atoms with Gasteiger partial charge < -0.3 is 15.0 Å². The first-order valence-electron chi connectivity index (χ1n) is 8.16. The van der Waals surface area contributed by atoms with E-state index >= 15 is 0 Å². The smallest absolute Gasteiger partial charge is 0.0726 e. The van der Waals surface area contributed by atoms with Gasteiger partial charge in [-0.2, -0.15) is 0 Å². The molecule has 0 aromatic heterocycles. The van der Waals surface area contributed by atoms with Gasteiger partial charge in [0, 0.05) is 25.3 Å². The number of hydrogen-bond acceptors (Lipinski definition) is 3. The van der Waals surface area contributed by atoms with Gasteiger partial charge in [0.05, 0.1) is 12.2 Å². The van der Waals surface area contributed by atoms with Crippen molar-refractivity contribution >= 4 is 5.69 Å². The average Bonchev–Trinajstić information content (AvgIpc) is 2.37. The Balaban J connectivity index is 2.01. The third kappa shape index (κ3) is 4.72. The van der Waals surface area contributed by atoms with Gasteiger partial charge in [0.1, 0.15) is 0 Å². The molecule has 2 atom stereocenters. The van der Waals surface area contributed by atoms with E-state index in [9.17, 15) is 0 Å². The summed E-state index contributed by atoms with van der Waals surface area (Å²) in [5.74, 6) is 0.696. The number of nitrogens with zero attached hydrogens (tertiary/aromatic N) is 1. The number of hydrogen-bond donors (Lipinski definition) is 1. The van der Waals surface area contributed by atoms with Crippen molar-refractivity contribution < 1.29 is 4.74 Å². The topological polar surface area (TPSA) is 24.5 Å². The Morgan fingerprint density at radius 2 is 1.90 bits per heavy atom. The first kappa shape index (κ1) is 16.3. The molecule has 0 aliphatic carbocycles. The fraction of sp³-hybridized carbons (Fsp3) is 0.667. The van der Waals surface area contributed by atoms with Gasteiger partial charge in [-0.25, -0.2) is 0 Å². The molecule has 1 aromatic rings. The molecule has 2 rings (SSSR count). The molecule has 0 radical (unpaired) electrons. The first-order valence-corrected chi connectivity index (χ1v) is 8.16. The highest BCUT2D eigenvalue weighted by Gasteiger charge is 2.23. The van der Waals surface area contributed by atoms with Crippen LogP contribution >= 0.6 is 0 Å². The molecule has 0 saturated carbocycles. The number of benzene rings is 1. The number of anilines is 1. The number of aryl methyl sites for hydroxylation is 1. The summed E-state index contributed by atoms with van der Waals surface area (Å²) in [6.07, 6.45) is 0.612. The molecule has 0 amide bonds. The summed E-state index contributed by atoms with van der Waals surface area (Å²) >= 11 is 0. The van der Waals surface area contributed by atoms with Crippen molar-refractivity contribution in [2.24, 2.45) is 5.92 Å². The second-order valence-electron chi connectivity index (χ2n) is 6.81. The highest BCUT2D eigenvalue weighted by Crippen LogP contribution is 2.25. The third-order valence-corrected chi connectivity index (χ3v) is 3.90. The van der Waals surface area contributed by atoms with Crippen molar-refractivity contribution in [2.45, 2.75) is 53.4 Å². The van der Waals surface area contributed by atoms with Crippen LogP contribution in [0.4, 0.5) is 5.69 Å². The van der Waals surface area contributed by atoms with E-state index in [0.29, 0.717) is 18.1 Å². The maximum absolute atomic E-state index is 5.83. The van der Waals surface area contributed by atoms with Gasteiger partial charge >= 0.3 is 0 Å². The molecule has 1 aromatic carbocycles. The normalized spacial score (nSPS) is 22.9. The fourth-order valence-corrected chi connectivity index (χ4v) is 3.06. The van der Waals surface area contributed by atoms with E-state index < -0.39 is 0 Å². The van der Waals surface area contributed by atoms with Crippen LogP contribution in [0.3, 0.4) is 0 Å². The molecule has 0 spiro atoms. The zero-order chi connectivity index (χ0) is 15.4. The van der Waals surface area contributed by atoms with E-state index in [4.69, 9.17) is 4.74 Å². The van der Waals surface area contributed by atoms with Gasteiger partial charge in [-0.15, -0.1) is 0 Å². The summed E-state index contributed by atoms with van der Waals surface area (Å²) in [5.41, 5.74) is 4.08. The van der Waals surface area contributed by atoms with E-state index in [1.807, 2.05) is 0 Å². The molecule has 3 heteroatoms. The van der Waals surface area contributed by atoms with Gasteiger partial charge in [0.25, 0.3) is 0 Å². The van der Waals surface area contributed by atoms with E-state index in [2.05, 4.69) is 63.0 Å². The molecular formula is C18H30N2O. The third-order valence-electron chi connectivity index (χ3n) is 3.90. The van der Waals surface area contributed by atoms with Crippen LogP contribution in [-0.2, 0) is 11.3 Å². The van der Waals surface area contributed by atoms with Crippen LogP contribution in [0, 0.1) is 12.8 Å². The predicted molar refractivity (Wildman–Crippen MR) is 89.9 cm³/mol. The Labute approximate surface area is 129 Å². The second-order valence-corrected chi connectivity index (χ2v) is 6.81. The van der Waals surface area contributed by atoms with E-state index in [0.717, 1.165) is 26.2 Å². The zero-order valence-corrected chi connectivity index (χ0v) is 14.1. The lowest BCUT2D eigenvalue weighted by Crippen LogP contribution is -2.45. The van der Waals surface area contributed by atoms with Crippen molar-refractivity contribution in [3.05, 3.63) is 29.3 Å². The molecule has 21 heavy (non-hydrogen) atoms. The van der Waals surface area contributed by atoms with E-state index in [1.54, 1.807) is 0 Å². The number of ether oxygens (including phenoxy) is 1. The Bertz CT molecular complexity index is 449. The van der Waals surface area contributed by atoms with Crippen LogP contribution in [-0.4, -0.2) is 31.8 Å². The van der Waals surface area contributed by atoms with Gasteiger partial charge in [-0.3, -0.25) is 0 Å². The molecule has 2 unspecified atom stereocenters. The number of nitrogens with one attached hydrogen (secondary N) is 1. The van der Waals surface area contributed by atoms with Gasteiger partial charge in [-0.1, -0.05) is 26.0 Å². The Kier molecular flexibility index (Phi) is 5.65. The fourth-order valence-electron chi connectivity index (χ4n) is 3.06. The molecule has 1 N–H and O–H groups in total. The van der Waals surface area contributed by atoms with Crippen LogP contribution in [0.1, 0.15) is 38.8 Å². The van der Waals surface area contributed by atoms with Gasteiger partial charge in [0.2, 0.25) is 0 Å². The van der Waals surface area contributed by atoms with Gasteiger partial charge in [-0.05, 0) is 50.4 Å². The van der Waals surface area contributed by atoms with Crippen LogP contribution in [0.25, 0.3) is 0 Å². The van der Waals surface area contributed by atoms with Crippen LogP contribution in [0.15, 0.2) is 18.2 Å². The molecule has 118 valence electrons. The summed E-state index contributed by atoms with van der Waals surface area (Å²) < 4.78 is 5.83. The van der Waals surface area contributed by atoms with Crippen LogP contribution < -0.4 is 10.2 Å². The quantitative estimate of drug-likeness (QED) is 0.900. The molecule has 1 aliphatic heterocycles. The minimum atomic E-state index is 0.306. The lowest BCUT2D eigenvalue weighted by Gasteiger charge is -2.37. The maximum Gasteiger partial charge on any atom is 0.0726 e. The molecule has 1 saturated heterocycles. The van der Waals surface area contributed by atoms with E-state index in [-0.39, 0.29) is 0 Å². The van der Waals surface area contributed by atoms with Crippen LogP contribution in [0.2, 0.25) is 0 Å². The molecular weight excluding hydrogens is 260 g/mol. The lowest BCUT2D eigenvalue weighted by molar-refractivity contribution is -0.00524. The largest absolute Gasteiger partial charge is 0.372 e. The molecule has 3 nitrogen and oxygen atoms in total. The highest BCUT2D eigenvalue weighted by molar-refractivity contribution is 5.55. The second kappa shape index (κ2) is 7.28. The summed E-state index contributed by atoms with van der Waals surface area (Å²) in [6.45, 7) is 15.0. The summed E-state index contributed by atoms with van der Waals surface area (Å²) in [4.78, 5) is 2.46. The van der Waals surface area contributed by atoms with Crippen molar-refractivity contribution in [1.82, 2.24) is 5.32 Å². The van der Waals surface area contributed by atoms with Crippen molar-refractivity contribution in [3.63, 3.8) is 0 Å².